The van der Waals surface area contributed by atoms with Gasteiger partial charge in [-0.3, -0.25) is 0 Å². The maximum atomic E-state index is 11.7. The first-order valence-corrected chi connectivity index (χ1v) is 5.89. The minimum Gasteiger partial charge on any atom is -0.466 e. The highest BCUT2D eigenvalue weighted by molar-refractivity contribution is 5.94. The Morgan fingerprint density at radius 1 is 1.24 bits per heavy atom. The van der Waals surface area contributed by atoms with Crippen LogP contribution in [0.5, 0.6) is 0 Å². The first kappa shape index (κ1) is 11.9. The zero-order valence-corrected chi connectivity index (χ0v) is 10.6. The van der Waals surface area contributed by atoms with Crippen LogP contribution in [0.4, 0.5) is 0 Å². The summed E-state index contributed by atoms with van der Waals surface area (Å²) in [5.41, 5.74) is 3.30. The third-order valence-corrected chi connectivity index (χ3v) is 3.17. The minimum absolute atomic E-state index is 0.0899. The molecule has 0 heterocycles. The first-order valence-electron chi connectivity index (χ1n) is 5.89. The molecule has 0 bridgehead atoms. The lowest BCUT2D eigenvalue weighted by molar-refractivity contribution is -0.136. The van der Waals surface area contributed by atoms with Gasteiger partial charge in [0, 0.05) is 5.57 Å². The summed E-state index contributed by atoms with van der Waals surface area (Å²) in [5, 5.41) is 0. The van der Waals surface area contributed by atoms with Gasteiger partial charge in [-0.05, 0) is 35.5 Å². The highest BCUT2D eigenvalue weighted by atomic mass is 16.5. The van der Waals surface area contributed by atoms with Gasteiger partial charge in [-0.15, -0.1) is 0 Å². The van der Waals surface area contributed by atoms with E-state index in [9.17, 15) is 4.79 Å². The van der Waals surface area contributed by atoms with Gasteiger partial charge < -0.3 is 4.74 Å². The third-order valence-electron chi connectivity index (χ3n) is 3.17. The molecule has 0 amide bonds. The van der Waals surface area contributed by atoms with Crippen LogP contribution in [0.2, 0.25) is 0 Å². The molecule has 0 saturated heterocycles. The Morgan fingerprint density at radius 3 is 2.65 bits per heavy atom. The Labute approximate surface area is 102 Å². The summed E-state index contributed by atoms with van der Waals surface area (Å²) >= 11 is 0. The van der Waals surface area contributed by atoms with Gasteiger partial charge in [-0.1, -0.05) is 38.1 Å². The van der Waals surface area contributed by atoms with E-state index in [1.165, 1.54) is 12.7 Å². The summed E-state index contributed by atoms with van der Waals surface area (Å²) in [7, 11) is 1.44. The lowest BCUT2D eigenvalue weighted by Crippen LogP contribution is -2.17. The zero-order valence-electron chi connectivity index (χ0n) is 10.6. The molecule has 0 unspecified atom stereocenters. The fraction of sp³-hybridized carbons (Fsp3) is 0.400. The van der Waals surface area contributed by atoms with Crippen LogP contribution < -0.4 is 0 Å². The number of rotatable bonds is 1. The van der Waals surface area contributed by atoms with Gasteiger partial charge in [0.15, 0.2) is 0 Å². The number of benzene rings is 1. The normalized spacial score (nSPS) is 17.7. The van der Waals surface area contributed by atoms with E-state index in [0.29, 0.717) is 0 Å². The van der Waals surface area contributed by atoms with Gasteiger partial charge in [-0.2, -0.15) is 0 Å². The topological polar surface area (TPSA) is 26.3 Å². The molecule has 1 aromatic carbocycles. The van der Waals surface area contributed by atoms with E-state index in [1.807, 2.05) is 18.2 Å². The third kappa shape index (κ3) is 2.57. The Hall–Kier alpha value is -1.57. The highest BCUT2D eigenvalue weighted by Gasteiger charge is 2.27. The number of hydrogen-bond donors (Lipinski definition) is 0. The van der Waals surface area contributed by atoms with Crippen LogP contribution in [0, 0.1) is 5.41 Å². The van der Waals surface area contributed by atoms with E-state index >= 15 is 0 Å². The molecule has 2 heteroatoms. The Balaban J connectivity index is 2.49. The number of methoxy groups -OCH3 is 1. The molecule has 17 heavy (non-hydrogen) atoms. The van der Waals surface area contributed by atoms with Gasteiger partial charge in [0.2, 0.25) is 0 Å². The standard InChI is InChI=1S/C15H18O2/c1-15(2)9-12-7-5-4-6-11(12)8-13(10-15)14(16)17-3/h4-8H,9-10H2,1-3H3. The van der Waals surface area contributed by atoms with Gasteiger partial charge in [-0.25, -0.2) is 4.79 Å². The number of fused-ring (bicyclic) bond motifs is 1. The second-order valence-corrected chi connectivity index (χ2v) is 5.38. The van der Waals surface area contributed by atoms with E-state index in [1.54, 1.807) is 0 Å². The van der Waals surface area contributed by atoms with Gasteiger partial charge in [0.1, 0.15) is 0 Å². The van der Waals surface area contributed by atoms with Crippen LogP contribution in [0.3, 0.4) is 0 Å². The minimum atomic E-state index is -0.213. The molecule has 0 aliphatic heterocycles. The van der Waals surface area contributed by atoms with E-state index in [4.69, 9.17) is 4.74 Å². The van der Waals surface area contributed by atoms with Crippen molar-refractivity contribution in [3.63, 3.8) is 0 Å². The molecule has 1 aliphatic carbocycles. The van der Waals surface area contributed by atoms with Gasteiger partial charge in [0.25, 0.3) is 0 Å². The summed E-state index contributed by atoms with van der Waals surface area (Å²) in [6, 6.07) is 8.24. The summed E-state index contributed by atoms with van der Waals surface area (Å²) in [5.74, 6) is -0.213. The lowest BCUT2D eigenvalue weighted by Gasteiger charge is -2.23. The van der Waals surface area contributed by atoms with Crippen LogP contribution in [0.15, 0.2) is 29.8 Å². The number of ether oxygens (including phenoxy) is 1. The molecule has 2 nitrogen and oxygen atoms in total. The van der Waals surface area contributed by atoms with Crippen LogP contribution in [0.25, 0.3) is 6.08 Å². The number of carbonyl (C=O) groups excluding carboxylic acids is 1. The smallest absolute Gasteiger partial charge is 0.333 e. The molecule has 0 radical (unpaired) electrons. The van der Waals surface area contributed by atoms with Crippen LogP contribution >= 0.6 is 0 Å². The molecule has 0 fully saturated rings. The van der Waals surface area contributed by atoms with Crippen molar-refractivity contribution >= 4 is 12.0 Å². The Bertz CT molecular complexity index is 470. The van der Waals surface area contributed by atoms with Crippen molar-refractivity contribution in [1.82, 2.24) is 0 Å². The summed E-state index contributed by atoms with van der Waals surface area (Å²) < 4.78 is 4.85. The molecular weight excluding hydrogens is 212 g/mol. The highest BCUT2D eigenvalue weighted by Crippen LogP contribution is 2.35. The molecule has 1 aromatic rings. The van der Waals surface area contributed by atoms with E-state index < -0.39 is 0 Å². The number of hydrogen-bond acceptors (Lipinski definition) is 2. The summed E-state index contributed by atoms with van der Waals surface area (Å²) in [6.45, 7) is 4.37. The average molecular weight is 230 g/mol. The maximum Gasteiger partial charge on any atom is 0.333 e. The van der Waals surface area contributed by atoms with Gasteiger partial charge >= 0.3 is 5.97 Å². The molecule has 0 atom stereocenters. The second kappa shape index (κ2) is 4.36. The van der Waals surface area contributed by atoms with Crippen molar-refractivity contribution in [2.24, 2.45) is 5.41 Å². The largest absolute Gasteiger partial charge is 0.466 e. The van der Waals surface area contributed by atoms with E-state index in [-0.39, 0.29) is 11.4 Å². The molecule has 90 valence electrons. The molecule has 1 aliphatic rings. The molecule has 0 N–H and O–H groups in total. The average Bonchev–Trinajstić information content (AvgIpc) is 2.42. The van der Waals surface area contributed by atoms with E-state index in [0.717, 1.165) is 24.0 Å². The Morgan fingerprint density at radius 2 is 1.94 bits per heavy atom. The fourth-order valence-electron chi connectivity index (χ4n) is 2.43. The Kier molecular flexibility index (Phi) is 3.05. The lowest BCUT2D eigenvalue weighted by atomic mass is 9.81. The quantitative estimate of drug-likeness (QED) is 0.692. The van der Waals surface area contributed by atoms with Crippen molar-refractivity contribution in [1.29, 1.82) is 0 Å². The molecule has 2 rings (SSSR count). The van der Waals surface area contributed by atoms with Crippen molar-refractivity contribution in [3.8, 4) is 0 Å². The van der Waals surface area contributed by atoms with Crippen molar-refractivity contribution < 1.29 is 9.53 Å². The van der Waals surface area contributed by atoms with Crippen LogP contribution in [0.1, 0.15) is 31.4 Å². The van der Waals surface area contributed by atoms with Crippen molar-refractivity contribution in [3.05, 3.63) is 41.0 Å². The first-order chi connectivity index (χ1) is 8.02. The second-order valence-electron chi connectivity index (χ2n) is 5.38. The predicted molar refractivity (Wildman–Crippen MR) is 68.5 cm³/mol. The SMILES string of the molecule is COC(=O)C1=Cc2ccccc2CC(C)(C)C1. The summed E-state index contributed by atoms with van der Waals surface area (Å²) in [4.78, 5) is 11.7. The molecule has 0 spiro atoms. The van der Waals surface area contributed by atoms with Crippen LogP contribution in [-0.4, -0.2) is 13.1 Å². The van der Waals surface area contributed by atoms with Crippen molar-refractivity contribution in [2.75, 3.05) is 7.11 Å². The van der Waals surface area contributed by atoms with Crippen LogP contribution in [-0.2, 0) is 16.0 Å². The molecule has 0 saturated carbocycles. The number of esters is 1. The summed E-state index contributed by atoms with van der Waals surface area (Å²) in [6.07, 6.45) is 3.71. The van der Waals surface area contributed by atoms with Gasteiger partial charge in [0.05, 0.1) is 7.11 Å². The van der Waals surface area contributed by atoms with Crippen molar-refractivity contribution in [2.45, 2.75) is 26.7 Å². The van der Waals surface area contributed by atoms with E-state index in [2.05, 4.69) is 26.0 Å². The maximum absolute atomic E-state index is 11.7. The molecule has 0 aromatic heterocycles. The number of carbonyl (C=O) groups is 1. The monoisotopic (exact) mass is 230 g/mol. The zero-order chi connectivity index (χ0) is 12.5. The predicted octanol–water partition coefficient (Wildman–Crippen LogP) is 3.22. The molecular formula is C15H18O2. The fourth-order valence-corrected chi connectivity index (χ4v) is 2.43.